The summed E-state index contributed by atoms with van der Waals surface area (Å²) in [6.07, 6.45) is -1.08. The van der Waals surface area contributed by atoms with E-state index in [4.69, 9.17) is 25.8 Å². The Morgan fingerprint density at radius 3 is 2.55 bits per heavy atom. The van der Waals surface area contributed by atoms with Crippen LogP contribution in [0.1, 0.15) is 51.5 Å². The highest BCUT2D eigenvalue weighted by Gasteiger charge is 2.26. The molecule has 0 saturated carbocycles. The quantitative estimate of drug-likeness (QED) is 0.567. The SMILES string of the molecule is CC(=O)c1c(C)[nH]c(C(=O)C(C)OC(=O)Cc2cc(Cl)c3c(c2)OCCO3)c1C. The summed E-state index contributed by atoms with van der Waals surface area (Å²) in [5.74, 6) is -0.171. The van der Waals surface area contributed by atoms with Crippen LogP contribution in [0.15, 0.2) is 12.1 Å². The Kier molecular flexibility index (Phi) is 5.98. The summed E-state index contributed by atoms with van der Waals surface area (Å²) >= 11 is 6.18. The smallest absolute Gasteiger partial charge is 0.310 e. The molecule has 7 nitrogen and oxygen atoms in total. The zero-order chi connectivity index (χ0) is 21.3. The van der Waals surface area contributed by atoms with Gasteiger partial charge in [0.15, 0.2) is 23.4 Å². The predicted octanol–water partition coefficient (Wildman–Crippen LogP) is 3.62. The number of hydrogen-bond donors (Lipinski definition) is 1. The molecule has 1 N–H and O–H groups in total. The molecule has 8 heteroatoms. The van der Waals surface area contributed by atoms with E-state index in [9.17, 15) is 14.4 Å². The number of esters is 1. The van der Waals surface area contributed by atoms with E-state index in [-0.39, 0.29) is 17.9 Å². The molecular weight excluding hydrogens is 398 g/mol. The maximum Gasteiger partial charge on any atom is 0.310 e. The molecule has 1 aromatic heterocycles. The molecule has 0 amide bonds. The van der Waals surface area contributed by atoms with Crippen LogP contribution in [-0.4, -0.2) is 41.8 Å². The molecule has 1 aliphatic heterocycles. The fourth-order valence-electron chi connectivity index (χ4n) is 3.45. The number of aryl methyl sites for hydroxylation is 1. The number of hydrogen-bond acceptors (Lipinski definition) is 6. The number of fused-ring (bicyclic) bond motifs is 1. The van der Waals surface area contributed by atoms with Gasteiger partial charge >= 0.3 is 5.97 Å². The van der Waals surface area contributed by atoms with Crippen LogP contribution in [0.25, 0.3) is 0 Å². The van der Waals surface area contributed by atoms with Gasteiger partial charge in [0.25, 0.3) is 0 Å². The topological polar surface area (TPSA) is 94.7 Å². The van der Waals surface area contributed by atoms with Crippen LogP contribution in [0.3, 0.4) is 0 Å². The minimum absolute atomic E-state index is 0.0740. The summed E-state index contributed by atoms with van der Waals surface area (Å²) < 4.78 is 16.3. The third-order valence-electron chi connectivity index (χ3n) is 4.72. The van der Waals surface area contributed by atoms with Crippen molar-refractivity contribution in [2.75, 3.05) is 13.2 Å². The van der Waals surface area contributed by atoms with Crippen molar-refractivity contribution in [1.82, 2.24) is 4.98 Å². The predicted molar refractivity (Wildman–Crippen MR) is 106 cm³/mol. The summed E-state index contributed by atoms with van der Waals surface area (Å²) in [5.41, 5.74) is 2.52. The second kappa shape index (κ2) is 8.29. The van der Waals surface area contributed by atoms with E-state index < -0.39 is 17.9 Å². The van der Waals surface area contributed by atoms with Gasteiger partial charge in [-0.25, -0.2) is 0 Å². The minimum atomic E-state index is -1.01. The van der Waals surface area contributed by atoms with Crippen LogP contribution >= 0.6 is 11.6 Å². The zero-order valence-corrected chi connectivity index (χ0v) is 17.4. The van der Waals surface area contributed by atoms with Gasteiger partial charge in [-0.3, -0.25) is 14.4 Å². The van der Waals surface area contributed by atoms with E-state index in [1.807, 2.05) is 0 Å². The first-order chi connectivity index (χ1) is 13.7. The molecule has 0 bridgehead atoms. The second-order valence-corrected chi connectivity index (χ2v) is 7.36. The highest BCUT2D eigenvalue weighted by Crippen LogP contribution is 2.38. The standard InChI is InChI=1S/C21H22ClNO6/c1-10-18(12(3)24)11(2)23-19(10)20(26)13(4)29-17(25)9-14-7-15(22)21-16(8-14)27-5-6-28-21/h7-8,13,23H,5-6,9H2,1-4H3. The van der Waals surface area contributed by atoms with Gasteiger partial charge in [-0.15, -0.1) is 0 Å². The van der Waals surface area contributed by atoms with Crippen LogP contribution in [0.4, 0.5) is 0 Å². The third kappa shape index (κ3) is 4.29. The molecule has 2 aromatic rings. The molecule has 154 valence electrons. The van der Waals surface area contributed by atoms with Gasteiger partial charge in [0.1, 0.15) is 13.2 Å². The lowest BCUT2D eigenvalue weighted by Crippen LogP contribution is -2.26. The van der Waals surface area contributed by atoms with Crippen LogP contribution in [0.2, 0.25) is 5.02 Å². The van der Waals surface area contributed by atoms with E-state index in [0.29, 0.717) is 52.1 Å². The van der Waals surface area contributed by atoms with Crippen LogP contribution in [0.5, 0.6) is 11.5 Å². The number of Topliss-reactive ketones (excluding diaryl/α,β-unsaturated/α-hetero) is 2. The largest absolute Gasteiger partial charge is 0.486 e. The van der Waals surface area contributed by atoms with Crippen molar-refractivity contribution in [1.29, 1.82) is 0 Å². The minimum Gasteiger partial charge on any atom is -0.486 e. The van der Waals surface area contributed by atoms with Gasteiger partial charge in [0, 0.05) is 11.3 Å². The summed E-state index contributed by atoms with van der Waals surface area (Å²) in [5, 5.41) is 0.350. The first-order valence-electron chi connectivity index (χ1n) is 9.20. The van der Waals surface area contributed by atoms with Crippen molar-refractivity contribution in [2.45, 2.75) is 40.2 Å². The molecule has 0 spiro atoms. The Hall–Kier alpha value is -2.80. The van der Waals surface area contributed by atoms with Crippen molar-refractivity contribution in [3.63, 3.8) is 0 Å². The number of ether oxygens (including phenoxy) is 3. The molecule has 0 aliphatic carbocycles. The summed E-state index contributed by atoms with van der Waals surface area (Å²) in [7, 11) is 0. The van der Waals surface area contributed by atoms with Crippen LogP contribution in [-0.2, 0) is 16.0 Å². The van der Waals surface area contributed by atoms with E-state index in [0.717, 1.165) is 0 Å². The number of aromatic nitrogens is 1. The van der Waals surface area contributed by atoms with E-state index >= 15 is 0 Å². The Balaban J connectivity index is 1.70. The normalized spacial score (nSPS) is 13.7. The fraction of sp³-hybridized carbons (Fsp3) is 0.381. The molecular formula is C21H22ClNO6. The van der Waals surface area contributed by atoms with Gasteiger partial charge in [0.05, 0.1) is 17.1 Å². The third-order valence-corrected chi connectivity index (χ3v) is 5.00. The number of carbonyl (C=O) groups excluding carboxylic acids is 3. The number of halogens is 1. The lowest BCUT2D eigenvalue weighted by Gasteiger charge is -2.20. The summed E-state index contributed by atoms with van der Waals surface area (Å²) in [6.45, 7) is 7.18. The van der Waals surface area contributed by atoms with Gasteiger partial charge in [-0.2, -0.15) is 0 Å². The first kappa shape index (κ1) is 20.9. The van der Waals surface area contributed by atoms with Crippen LogP contribution in [0, 0.1) is 13.8 Å². The monoisotopic (exact) mass is 419 g/mol. The number of carbonyl (C=O) groups is 3. The lowest BCUT2D eigenvalue weighted by atomic mass is 10.0. The second-order valence-electron chi connectivity index (χ2n) is 6.96. The Morgan fingerprint density at radius 1 is 1.21 bits per heavy atom. The zero-order valence-electron chi connectivity index (χ0n) is 16.7. The first-order valence-corrected chi connectivity index (χ1v) is 9.58. The Bertz CT molecular complexity index is 994. The summed E-state index contributed by atoms with van der Waals surface area (Å²) in [4.78, 5) is 39.7. The van der Waals surface area contributed by atoms with Gasteiger partial charge in [-0.1, -0.05) is 11.6 Å². The van der Waals surface area contributed by atoms with E-state index in [1.54, 1.807) is 26.0 Å². The van der Waals surface area contributed by atoms with Gasteiger partial charge in [-0.05, 0) is 51.0 Å². The number of rotatable bonds is 6. The maximum atomic E-state index is 12.7. The Labute approximate surface area is 173 Å². The highest BCUT2D eigenvalue weighted by atomic mass is 35.5. The van der Waals surface area contributed by atoms with Gasteiger partial charge < -0.3 is 19.2 Å². The number of benzene rings is 1. The highest BCUT2D eigenvalue weighted by molar-refractivity contribution is 6.32. The molecule has 0 saturated heterocycles. The summed E-state index contributed by atoms with van der Waals surface area (Å²) in [6, 6.07) is 3.28. The molecule has 1 unspecified atom stereocenters. The maximum absolute atomic E-state index is 12.7. The Morgan fingerprint density at radius 2 is 1.90 bits per heavy atom. The molecule has 29 heavy (non-hydrogen) atoms. The molecule has 1 atom stereocenters. The molecule has 0 fully saturated rings. The van der Waals surface area contributed by atoms with Gasteiger partial charge in [0.2, 0.25) is 5.78 Å². The number of H-pyrrole nitrogens is 1. The number of ketones is 2. The fourth-order valence-corrected chi connectivity index (χ4v) is 3.74. The van der Waals surface area contributed by atoms with Crippen molar-refractivity contribution in [2.24, 2.45) is 0 Å². The lowest BCUT2D eigenvalue weighted by molar-refractivity contribution is -0.145. The molecule has 2 heterocycles. The molecule has 1 aromatic carbocycles. The van der Waals surface area contributed by atoms with Crippen molar-refractivity contribution in [3.8, 4) is 11.5 Å². The van der Waals surface area contributed by atoms with Crippen molar-refractivity contribution in [3.05, 3.63) is 45.2 Å². The molecule has 3 rings (SSSR count). The number of aromatic amines is 1. The van der Waals surface area contributed by atoms with E-state index in [1.165, 1.54) is 13.8 Å². The van der Waals surface area contributed by atoms with Crippen LogP contribution < -0.4 is 9.47 Å². The number of nitrogens with one attached hydrogen (secondary N) is 1. The molecule has 0 radical (unpaired) electrons. The molecule has 1 aliphatic rings. The van der Waals surface area contributed by atoms with Crippen molar-refractivity contribution >= 4 is 29.1 Å². The average Bonchev–Trinajstić information content (AvgIpc) is 2.95. The average molecular weight is 420 g/mol. The van der Waals surface area contributed by atoms with Crippen molar-refractivity contribution < 1.29 is 28.6 Å². The van der Waals surface area contributed by atoms with E-state index in [2.05, 4.69) is 4.98 Å².